The molecule has 1 aromatic heterocycles. The number of aryl methyl sites for hydroxylation is 1. The van der Waals surface area contributed by atoms with Crippen LogP contribution in [-0.4, -0.2) is 16.1 Å². The van der Waals surface area contributed by atoms with Gasteiger partial charge >= 0.3 is 12.1 Å². The van der Waals surface area contributed by atoms with Crippen LogP contribution in [-0.2, 0) is 6.18 Å². The van der Waals surface area contributed by atoms with Gasteiger partial charge in [0.05, 0.1) is 16.8 Å². The van der Waals surface area contributed by atoms with E-state index < -0.39 is 17.7 Å². The Morgan fingerprint density at radius 1 is 1.04 bits per heavy atom. The summed E-state index contributed by atoms with van der Waals surface area (Å²) in [5.74, 6) is -1.20. The van der Waals surface area contributed by atoms with E-state index in [1.165, 1.54) is 12.1 Å². The molecule has 0 radical (unpaired) electrons. The van der Waals surface area contributed by atoms with E-state index in [2.05, 4.69) is 4.98 Å². The molecular formula is C20H15F3N2O2. The summed E-state index contributed by atoms with van der Waals surface area (Å²) in [4.78, 5) is 15.8. The number of alkyl halides is 3. The van der Waals surface area contributed by atoms with E-state index in [1.807, 2.05) is 13.0 Å². The van der Waals surface area contributed by atoms with Gasteiger partial charge < -0.3 is 10.8 Å². The summed E-state index contributed by atoms with van der Waals surface area (Å²) in [5.41, 5.74) is 7.36. The van der Waals surface area contributed by atoms with Crippen LogP contribution < -0.4 is 5.73 Å². The molecule has 4 nitrogen and oxygen atoms in total. The van der Waals surface area contributed by atoms with Crippen LogP contribution in [0.3, 0.4) is 0 Å². The standard InChI is InChI=1S/C20H15F3N2O2/c1-11-2-5-18(25-10-11)13-6-12(7-14(8-13)19(26)27)16-9-15(20(21,22)23)3-4-17(16)24/h2-10H,24H2,1H3,(H,26,27). The predicted molar refractivity (Wildman–Crippen MR) is 96.2 cm³/mol. The van der Waals surface area contributed by atoms with Crippen LogP contribution in [0.4, 0.5) is 18.9 Å². The van der Waals surface area contributed by atoms with Gasteiger partial charge in [-0.3, -0.25) is 4.98 Å². The second kappa shape index (κ2) is 6.75. The van der Waals surface area contributed by atoms with Crippen molar-refractivity contribution in [1.29, 1.82) is 0 Å². The van der Waals surface area contributed by atoms with Gasteiger partial charge in [-0.05, 0) is 60.5 Å². The van der Waals surface area contributed by atoms with E-state index in [9.17, 15) is 23.1 Å². The van der Waals surface area contributed by atoms with Crippen molar-refractivity contribution in [3.8, 4) is 22.4 Å². The molecule has 1 heterocycles. The van der Waals surface area contributed by atoms with Gasteiger partial charge in [0.2, 0.25) is 0 Å². The minimum atomic E-state index is -4.53. The number of carboxylic acids is 1. The fourth-order valence-corrected chi connectivity index (χ4v) is 2.68. The third-order valence-electron chi connectivity index (χ3n) is 4.08. The Bertz CT molecular complexity index is 1010. The van der Waals surface area contributed by atoms with Crippen molar-refractivity contribution in [3.05, 3.63) is 71.4 Å². The molecule has 0 aliphatic carbocycles. The summed E-state index contributed by atoms with van der Waals surface area (Å²) in [6.45, 7) is 1.86. The predicted octanol–water partition coefficient (Wildman–Crippen LogP) is 5.02. The van der Waals surface area contributed by atoms with Crippen molar-refractivity contribution in [3.63, 3.8) is 0 Å². The Morgan fingerprint density at radius 2 is 1.74 bits per heavy atom. The lowest BCUT2D eigenvalue weighted by Crippen LogP contribution is -2.06. The Kier molecular flexibility index (Phi) is 4.61. The number of nitrogens with two attached hydrogens (primary N) is 1. The SMILES string of the molecule is Cc1ccc(-c2cc(C(=O)O)cc(-c3cc(C(F)(F)F)ccc3N)c2)nc1. The lowest BCUT2D eigenvalue weighted by Gasteiger charge is -2.13. The molecule has 0 saturated heterocycles. The minimum Gasteiger partial charge on any atom is -0.478 e. The summed E-state index contributed by atoms with van der Waals surface area (Å²) in [7, 11) is 0. The molecule has 27 heavy (non-hydrogen) atoms. The summed E-state index contributed by atoms with van der Waals surface area (Å²) in [6.07, 6.45) is -2.91. The molecule has 0 fully saturated rings. The number of hydrogen-bond donors (Lipinski definition) is 2. The quantitative estimate of drug-likeness (QED) is 0.633. The Morgan fingerprint density at radius 3 is 2.33 bits per heavy atom. The number of anilines is 1. The van der Waals surface area contributed by atoms with E-state index in [4.69, 9.17) is 5.73 Å². The number of benzene rings is 2. The van der Waals surface area contributed by atoms with E-state index in [0.29, 0.717) is 11.3 Å². The van der Waals surface area contributed by atoms with Gasteiger partial charge in [0.15, 0.2) is 0 Å². The van der Waals surface area contributed by atoms with Gasteiger partial charge in [0, 0.05) is 23.0 Å². The first-order valence-corrected chi connectivity index (χ1v) is 7.93. The molecule has 0 amide bonds. The average Bonchev–Trinajstić information content (AvgIpc) is 2.61. The van der Waals surface area contributed by atoms with Crippen molar-refractivity contribution < 1.29 is 23.1 Å². The normalized spacial score (nSPS) is 11.4. The van der Waals surface area contributed by atoms with Crippen molar-refractivity contribution in [2.24, 2.45) is 0 Å². The second-order valence-electron chi connectivity index (χ2n) is 6.12. The molecule has 3 aromatic rings. The molecule has 0 spiro atoms. The van der Waals surface area contributed by atoms with E-state index in [1.54, 1.807) is 18.3 Å². The highest BCUT2D eigenvalue weighted by molar-refractivity contribution is 5.93. The van der Waals surface area contributed by atoms with E-state index in [0.717, 1.165) is 23.8 Å². The zero-order valence-electron chi connectivity index (χ0n) is 14.2. The van der Waals surface area contributed by atoms with Crippen molar-refractivity contribution >= 4 is 11.7 Å². The number of pyridine rings is 1. The van der Waals surface area contributed by atoms with Gasteiger partial charge in [-0.25, -0.2) is 4.79 Å². The second-order valence-corrected chi connectivity index (χ2v) is 6.12. The number of nitrogen functional groups attached to an aromatic ring is 1. The Hall–Kier alpha value is -3.35. The first-order chi connectivity index (χ1) is 12.6. The Labute approximate surface area is 153 Å². The minimum absolute atomic E-state index is 0.0679. The third-order valence-corrected chi connectivity index (χ3v) is 4.08. The van der Waals surface area contributed by atoms with E-state index in [-0.39, 0.29) is 22.4 Å². The van der Waals surface area contributed by atoms with Crippen molar-refractivity contribution in [2.45, 2.75) is 13.1 Å². The summed E-state index contributed by atoms with van der Waals surface area (Å²) in [6, 6.07) is 10.8. The van der Waals surface area contributed by atoms with Crippen LogP contribution in [0.5, 0.6) is 0 Å². The molecule has 0 bridgehead atoms. The largest absolute Gasteiger partial charge is 0.478 e. The van der Waals surface area contributed by atoms with Crippen molar-refractivity contribution in [1.82, 2.24) is 4.98 Å². The fraction of sp³-hybridized carbons (Fsp3) is 0.100. The first kappa shape index (κ1) is 18.4. The highest BCUT2D eigenvalue weighted by atomic mass is 19.4. The van der Waals surface area contributed by atoms with Crippen molar-refractivity contribution in [2.75, 3.05) is 5.73 Å². The molecule has 3 rings (SSSR count). The van der Waals surface area contributed by atoms with Gasteiger partial charge in [-0.1, -0.05) is 6.07 Å². The highest BCUT2D eigenvalue weighted by Gasteiger charge is 2.31. The first-order valence-electron chi connectivity index (χ1n) is 7.93. The summed E-state index contributed by atoms with van der Waals surface area (Å²) < 4.78 is 39.2. The number of carbonyl (C=O) groups is 1. The molecule has 2 aromatic carbocycles. The molecule has 0 atom stereocenters. The number of nitrogens with zero attached hydrogens (tertiary/aromatic N) is 1. The van der Waals surface area contributed by atoms with Crippen LogP contribution in [0.1, 0.15) is 21.5 Å². The van der Waals surface area contributed by atoms with Gasteiger partial charge in [-0.15, -0.1) is 0 Å². The maximum atomic E-state index is 13.1. The maximum Gasteiger partial charge on any atom is 0.416 e. The highest BCUT2D eigenvalue weighted by Crippen LogP contribution is 2.36. The number of aromatic nitrogens is 1. The number of halogens is 3. The van der Waals surface area contributed by atoms with Crippen LogP contribution in [0, 0.1) is 6.92 Å². The lowest BCUT2D eigenvalue weighted by molar-refractivity contribution is -0.137. The van der Waals surface area contributed by atoms with Crippen LogP contribution in [0.15, 0.2) is 54.7 Å². The molecule has 0 aliphatic heterocycles. The molecule has 138 valence electrons. The number of rotatable bonds is 3. The smallest absolute Gasteiger partial charge is 0.416 e. The average molecular weight is 372 g/mol. The zero-order chi connectivity index (χ0) is 19.8. The molecule has 0 aliphatic rings. The number of aromatic carboxylic acids is 1. The molecule has 7 heteroatoms. The van der Waals surface area contributed by atoms with Crippen LogP contribution in [0.25, 0.3) is 22.4 Å². The number of carboxylic acid groups (broad SMARTS) is 1. The maximum absolute atomic E-state index is 13.1. The summed E-state index contributed by atoms with van der Waals surface area (Å²) in [5, 5.41) is 9.39. The molecule has 0 saturated carbocycles. The van der Waals surface area contributed by atoms with Crippen LogP contribution in [0.2, 0.25) is 0 Å². The fourth-order valence-electron chi connectivity index (χ4n) is 2.68. The monoisotopic (exact) mass is 372 g/mol. The summed E-state index contributed by atoms with van der Waals surface area (Å²) >= 11 is 0. The third kappa shape index (κ3) is 3.92. The molecular weight excluding hydrogens is 357 g/mol. The molecule has 3 N–H and O–H groups in total. The molecule has 0 unspecified atom stereocenters. The topological polar surface area (TPSA) is 76.2 Å². The van der Waals surface area contributed by atoms with Gasteiger partial charge in [-0.2, -0.15) is 13.2 Å². The lowest BCUT2D eigenvalue weighted by atomic mass is 9.95. The van der Waals surface area contributed by atoms with Gasteiger partial charge in [0.25, 0.3) is 0 Å². The Balaban J connectivity index is 2.21. The number of hydrogen-bond acceptors (Lipinski definition) is 3. The zero-order valence-corrected chi connectivity index (χ0v) is 14.2. The van der Waals surface area contributed by atoms with Crippen LogP contribution >= 0.6 is 0 Å². The van der Waals surface area contributed by atoms with E-state index >= 15 is 0 Å². The van der Waals surface area contributed by atoms with Gasteiger partial charge in [0.1, 0.15) is 0 Å².